The second-order valence-electron chi connectivity index (χ2n) is 6.74. The number of hydrogen-bond acceptors (Lipinski definition) is 4. The van der Waals surface area contributed by atoms with Crippen molar-refractivity contribution in [1.82, 2.24) is 10.2 Å². The molecule has 0 aliphatic heterocycles. The van der Waals surface area contributed by atoms with Crippen LogP contribution in [0.4, 0.5) is 5.69 Å². The zero-order valence-corrected chi connectivity index (χ0v) is 14.6. The molecule has 0 saturated carbocycles. The molecule has 0 unspecified atom stereocenters. The van der Waals surface area contributed by atoms with Crippen molar-refractivity contribution >= 4 is 33.5 Å². The third-order valence-corrected chi connectivity index (χ3v) is 4.51. The van der Waals surface area contributed by atoms with Crippen LogP contribution in [0.15, 0.2) is 52.9 Å². The van der Waals surface area contributed by atoms with Gasteiger partial charge in [0.05, 0.1) is 11.6 Å². The molecule has 0 radical (unpaired) electrons. The van der Waals surface area contributed by atoms with Gasteiger partial charge in [0.15, 0.2) is 5.76 Å². The molecule has 1 amide bonds. The fraction of sp³-hybridized carbons (Fsp3) is 0.200. The zero-order chi connectivity index (χ0) is 18.3. The first-order valence-corrected chi connectivity index (χ1v) is 8.56. The van der Waals surface area contributed by atoms with Gasteiger partial charge in [0, 0.05) is 16.5 Å². The molecule has 6 nitrogen and oxygen atoms in total. The molecular formula is C20H20N4O2. The zero-order valence-electron chi connectivity index (χ0n) is 14.6. The SMILES string of the molecule is CC(C)[C@@H](N)C(=O)Nc1ccc2[nH]nc(-c3cc4ccccc4o3)c2c1. The lowest BCUT2D eigenvalue weighted by Gasteiger charge is -2.15. The van der Waals surface area contributed by atoms with Crippen LogP contribution in [-0.2, 0) is 4.79 Å². The number of amides is 1. The number of nitrogens with one attached hydrogen (secondary N) is 2. The Balaban J connectivity index is 1.72. The number of hydrogen-bond donors (Lipinski definition) is 3. The summed E-state index contributed by atoms with van der Waals surface area (Å²) in [6.45, 7) is 3.84. The number of carbonyl (C=O) groups excluding carboxylic acids is 1. The number of furan rings is 1. The first kappa shape index (κ1) is 16.4. The average molecular weight is 348 g/mol. The quantitative estimate of drug-likeness (QED) is 0.521. The predicted molar refractivity (Wildman–Crippen MR) is 103 cm³/mol. The summed E-state index contributed by atoms with van der Waals surface area (Å²) in [4.78, 5) is 12.2. The molecule has 0 aliphatic carbocycles. The number of nitrogens with zero attached hydrogens (tertiary/aromatic N) is 1. The second kappa shape index (κ2) is 6.31. The molecule has 0 bridgehead atoms. The van der Waals surface area contributed by atoms with Crippen molar-refractivity contribution in [3.8, 4) is 11.5 Å². The van der Waals surface area contributed by atoms with E-state index in [1.54, 1.807) is 0 Å². The Bertz CT molecular complexity index is 1060. The van der Waals surface area contributed by atoms with E-state index >= 15 is 0 Å². The molecule has 2 heterocycles. The van der Waals surface area contributed by atoms with Crippen LogP contribution in [0, 0.1) is 5.92 Å². The Labute approximate surface area is 150 Å². The molecule has 6 heteroatoms. The highest BCUT2D eigenvalue weighted by atomic mass is 16.3. The van der Waals surface area contributed by atoms with Gasteiger partial charge in [-0.05, 0) is 36.2 Å². The van der Waals surface area contributed by atoms with E-state index in [0.717, 1.165) is 21.9 Å². The molecule has 0 aliphatic rings. The Morgan fingerprint density at radius 3 is 2.77 bits per heavy atom. The lowest BCUT2D eigenvalue weighted by atomic mass is 10.0. The Morgan fingerprint density at radius 2 is 2.00 bits per heavy atom. The maximum atomic E-state index is 12.2. The molecule has 4 rings (SSSR count). The van der Waals surface area contributed by atoms with Gasteiger partial charge in [0.2, 0.25) is 5.91 Å². The monoisotopic (exact) mass is 348 g/mol. The number of anilines is 1. The molecule has 26 heavy (non-hydrogen) atoms. The van der Waals surface area contributed by atoms with Crippen molar-refractivity contribution in [2.45, 2.75) is 19.9 Å². The van der Waals surface area contributed by atoms with Gasteiger partial charge in [0.25, 0.3) is 0 Å². The topological polar surface area (TPSA) is 96.9 Å². The summed E-state index contributed by atoms with van der Waals surface area (Å²) >= 11 is 0. The molecule has 132 valence electrons. The highest BCUT2D eigenvalue weighted by molar-refractivity contribution is 6.00. The largest absolute Gasteiger partial charge is 0.454 e. The molecule has 0 spiro atoms. The van der Waals surface area contributed by atoms with Crippen LogP contribution < -0.4 is 11.1 Å². The van der Waals surface area contributed by atoms with E-state index in [4.69, 9.17) is 10.2 Å². The smallest absolute Gasteiger partial charge is 0.241 e. The van der Waals surface area contributed by atoms with Gasteiger partial charge in [-0.3, -0.25) is 9.89 Å². The normalized spacial score (nSPS) is 12.8. The predicted octanol–water partition coefficient (Wildman–Crippen LogP) is 3.90. The number of aromatic nitrogens is 2. The highest BCUT2D eigenvalue weighted by Gasteiger charge is 2.18. The summed E-state index contributed by atoms with van der Waals surface area (Å²) in [5.74, 6) is 0.548. The van der Waals surface area contributed by atoms with E-state index in [1.165, 1.54) is 0 Å². The number of benzene rings is 2. The van der Waals surface area contributed by atoms with Crippen LogP contribution in [-0.4, -0.2) is 22.1 Å². The maximum Gasteiger partial charge on any atom is 0.241 e. The Hall–Kier alpha value is -3.12. The number of nitrogens with two attached hydrogens (primary N) is 1. The van der Waals surface area contributed by atoms with Crippen LogP contribution in [0.1, 0.15) is 13.8 Å². The van der Waals surface area contributed by atoms with E-state index in [0.29, 0.717) is 17.1 Å². The number of para-hydroxylation sites is 1. The molecular weight excluding hydrogens is 328 g/mol. The van der Waals surface area contributed by atoms with Gasteiger partial charge in [-0.1, -0.05) is 32.0 Å². The summed E-state index contributed by atoms with van der Waals surface area (Å²) in [5, 5.41) is 12.2. The summed E-state index contributed by atoms with van der Waals surface area (Å²) < 4.78 is 5.92. The fourth-order valence-corrected chi connectivity index (χ4v) is 2.91. The van der Waals surface area contributed by atoms with Crippen LogP contribution in [0.3, 0.4) is 0 Å². The van der Waals surface area contributed by atoms with Gasteiger partial charge in [-0.15, -0.1) is 0 Å². The third-order valence-electron chi connectivity index (χ3n) is 4.51. The minimum absolute atomic E-state index is 0.0683. The Morgan fingerprint density at radius 1 is 1.19 bits per heavy atom. The molecule has 0 fully saturated rings. The molecule has 4 aromatic rings. The van der Waals surface area contributed by atoms with Crippen LogP contribution >= 0.6 is 0 Å². The standard InChI is InChI=1S/C20H20N4O2/c1-11(2)18(21)20(25)22-13-7-8-15-14(10-13)19(24-23-15)17-9-12-5-3-4-6-16(12)26-17/h3-11,18H,21H2,1-2H3,(H,22,25)(H,23,24)/t18-/m1/s1. The van der Waals surface area contributed by atoms with Crippen molar-refractivity contribution in [1.29, 1.82) is 0 Å². The number of fused-ring (bicyclic) bond motifs is 2. The van der Waals surface area contributed by atoms with Crippen LogP contribution in [0.2, 0.25) is 0 Å². The summed E-state index contributed by atoms with van der Waals surface area (Å²) in [6.07, 6.45) is 0. The van der Waals surface area contributed by atoms with Crippen molar-refractivity contribution < 1.29 is 9.21 Å². The molecule has 2 aromatic carbocycles. The van der Waals surface area contributed by atoms with E-state index in [1.807, 2.05) is 62.4 Å². The first-order valence-electron chi connectivity index (χ1n) is 8.56. The molecule has 4 N–H and O–H groups in total. The highest BCUT2D eigenvalue weighted by Crippen LogP contribution is 2.32. The lowest BCUT2D eigenvalue weighted by Crippen LogP contribution is -2.39. The van der Waals surface area contributed by atoms with Gasteiger partial charge in [0.1, 0.15) is 11.3 Å². The summed E-state index contributed by atoms with van der Waals surface area (Å²) in [5.41, 5.74) is 8.98. The van der Waals surface area contributed by atoms with Crippen LogP contribution in [0.5, 0.6) is 0 Å². The number of carbonyl (C=O) groups is 1. The van der Waals surface area contributed by atoms with Crippen molar-refractivity contribution in [3.63, 3.8) is 0 Å². The molecule has 1 atom stereocenters. The van der Waals surface area contributed by atoms with E-state index in [-0.39, 0.29) is 11.8 Å². The molecule has 0 saturated heterocycles. The fourth-order valence-electron chi connectivity index (χ4n) is 2.91. The van der Waals surface area contributed by atoms with Gasteiger partial charge < -0.3 is 15.5 Å². The van der Waals surface area contributed by atoms with Gasteiger partial charge in [-0.2, -0.15) is 5.10 Å². The van der Waals surface area contributed by atoms with Gasteiger partial charge in [-0.25, -0.2) is 0 Å². The minimum Gasteiger partial charge on any atom is -0.454 e. The van der Waals surface area contributed by atoms with E-state index in [2.05, 4.69) is 15.5 Å². The second-order valence-corrected chi connectivity index (χ2v) is 6.74. The van der Waals surface area contributed by atoms with E-state index in [9.17, 15) is 4.79 Å². The van der Waals surface area contributed by atoms with Crippen molar-refractivity contribution in [3.05, 3.63) is 48.5 Å². The number of rotatable bonds is 4. The number of H-pyrrole nitrogens is 1. The molecule has 2 aromatic heterocycles. The first-order chi connectivity index (χ1) is 12.5. The maximum absolute atomic E-state index is 12.2. The minimum atomic E-state index is -0.551. The van der Waals surface area contributed by atoms with Crippen LogP contribution in [0.25, 0.3) is 33.3 Å². The Kier molecular flexibility index (Phi) is 3.97. The number of aromatic amines is 1. The van der Waals surface area contributed by atoms with E-state index < -0.39 is 6.04 Å². The third kappa shape index (κ3) is 2.84. The summed E-state index contributed by atoms with van der Waals surface area (Å²) in [7, 11) is 0. The van der Waals surface area contributed by atoms with Crippen molar-refractivity contribution in [2.75, 3.05) is 5.32 Å². The average Bonchev–Trinajstić information content (AvgIpc) is 3.23. The van der Waals surface area contributed by atoms with Crippen molar-refractivity contribution in [2.24, 2.45) is 11.7 Å². The van der Waals surface area contributed by atoms with Gasteiger partial charge >= 0.3 is 0 Å². The summed E-state index contributed by atoms with van der Waals surface area (Å²) in [6, 6.07) is 14.8. The lowest BCUT2D eigenvalue weighted by molar-refractivity contribution is -0.118.